The lowest BCUT2D eigenvalue weighted by atomic mass is 9.74. The first kappa shape index (κ1) is 37.9. The molecule has 3 aliphatic carbocycles. The van der Waals surface area contributed by atoms with Gasteiger partial charge in [-0.15, -0.1) is 0 Å². The lowest BCUT2D eigenvalue weighted by molar-refractivity contribution is -0.221. The van der Waals surface area contributed by atoms with E-state index in [2.05, 4.69) is 0 Å². The van der Waals surface area contributed by atoms with E-state index in [9.17, 15) is 19.2 Å². The molecule has 0 aromatic carbocycles. The lowest BCUT2D eigenvalue weighted by Crippen LogP contribution is -2.57. The van der Waals surface area contributed by atoms with Crippen molar-refractivity contribution in [1.82, 2.24) is 0 Å². The minimum Gasteiger partial charge on any atom is -0.458 e. The van der Waals surface area contributed by atoms with Crippen molar-refractivity contribution in [2.24, 2.45) is 34.5 Å². The average molecular weight is 571 g/mol. The summed E-state index contributed by atoms with van der Waals surface area (Å²) in [6.45, 7) is 13.4. The Balaban J connectivity index is 0.000000691. The van der Waals surface area contributed by atoms with Gasteiger partial charge in [0.2, 0.25) is 0 Å². The number of ether oxygens (including phenoxy) is 4. The van der Waals surface area contributed by atoms with Gasteiger partial charge in [0.1, 0.15) is 23.9 Å². The quantitative estimate of drug-likeness (QED) is 0.251. The Kier molecular flexibility index (Phi) is 12.5. The van der Waals surface area contributed by atoms with Gasteiger partial charge >= 0.3 is 23.9 Å². The highest BCUT2D eigenvalue weighted by molar-refractivity contribution is 5.79. The van der Waals surface area contributed by atoms with Crippen LogP contribution in [0.3, 0.4) is 0 Å². The van der Waals surface area contributed by atoms with Crippen molar-refractivity contribution in [2.45, 2.75) is 147 Å². The third-order valence-electron chi connectivity index (χ3n) is 9.62. The molecule has 0 spiro atoms. The van der Waals surface area contributed by atoms with Crippen LogP contribution in [0.5, 0.6) is 0 Å². The summed E-state index contributed by atoms with van der Waals surface area (Å²) in [6.07, 6.45) is 4.99. The van der Waals surface area contributed by atoms with Gasteiger partial charge in [-0.25, -0.2) is 0 Å². The maximum Gasteiger partial charge on any atom is 0.311 e. The van der Waals surface area contributed by atoms with Gasteiger partial charge in [0.05, 0.1) is 22.7 Å². The Labute approximate surface area is 243 Å². The largest absolute Gasteiger partial charge is 0.458 e. The number of hydrogen-bond donors (Lipinski definition) is 0. The van der Waals surface area contributed by atoms with Gasteiger partial charge in [0.15, 0.2) is 0 Å². The Hall–Kier alpha value is -2.12. The van der Waals surface area contributed by atoms with Crippen LogP contribution < -0.4 is 0 Å². The van der Waals surface area contributed by atoms with E-state index in [1.165, 1.54) is 0 Å². The molecule has 7 fully saturated rings. The predicted octanol–water partition coefficient (Wildman–Crippen LogP) is 6.91. The molecule has 8 unspecified atom stereocenters. The molecule has 0 N–H and O–H groups in total. The Morgan fingerprint density at radius 3 is 1.90 bits per heavy atom. The normalized spacial score (nSPS) is 34.3. The maximum atomic E-state index is 12.1. The van der Waals surface area contributed by atoms with E-state index < -0.39 is 16.4 Å². The summed E-state index contributed by atoms with van der Waals surface area (Å²) in [6, 6.07) is 0. The van der Waals surface area contributed by atoms with Crippen LogP contribution in [0, 0.1) is 34.5 Å². The summed E-state index contributed by atoms with van der Waals surface area (Å²) in [5.41, 5.74) is -1.55. The van der Waals surface area contributed by atoms with Gasteiger partial charge in [-0.1, -0.05) is 43.6 Å². The highest BCUT2D eigenvalue weighted by Crippen LogP contribution is 2.55. The third-order valence-corrected chi connectivity index (χ3v) is 9.62. The zero-order valence-corrected chi connectivity index (χ0v) is 22.8. The molecule has 0 aromatic heterocycles. The fraction of sp³-hybridized carbons (Fsp3) is 0.875. The van der Waals surface area contributed by atoms with Crippen LogP contribution in [0.2, 0.25) is 0 Å². The van der Waals surface area contributed by atoms with Crippen LogP contribution in [-0.2, 0) is 38.1 Å². The van der Waals surface area contributed by atoms with E-state index in [1.54, 1.807) is 0 Å². The zero-order valence-electron chi connectivity index (χ0n) is 22.8. The minimum atomic E-state index is -0.620. The van der Waals surface area contributed by atoms with E-state index in [-0.39, 0.29) is 89.6 Å². The molecular weight excluding hydrogens is 512 g/mol. The van der Waals surface area contributed by atoms with Crippen LogP contribution in [0.1, 0.15) is 123 Å². The smallest absolute Gasteiger partial charge is 0.311 e. The second kappa shape index (κ2) is 13.2. The summed E-state index contributed by atoms with van der Waals surface area (Å²) < 4.78 is 22.1. The maximum absolute atomic E-state index is 12.1. The molecule has 0 aromatic rings. The summed E-state index contributed by atoms with van der Waals surface area (Å²) >= 11 is 0. The number of carbonyl (C=O) groups excluding carboxylic acids is 4. The number of hydrogen-bond acceptors (Lipinski definition) is 8. The highest BCUT2D eigenvalue weighted by Gasteiger charge is 2.63. The fourth-order valence-electron chi connectivity index (χ4n) is 5.99. The van der Waals surface area contributed by atoms with Gasteiger partial charge in [-0.2, -0.15) is 0 Å². The van der Waals surface area contributed by atoms with Gasteiger partial charge in [-0.3, -0.25) is 19.2 Å². The summed E-state index contributed by atoms with van der Waals surface area (Å²) in [7, 11) is 0. The topological polar surface area (TPSA) is 105 Å². The van der Waals surface area contributed by atoms with E-state index in [4.69, 9.17) is 18.9 Å². The first-order chi connectivity index (χ1) is 16.7. The Bertz CT molecular complexity index is 892. The molecule has 4 saturated heterocycles. The first-order valence-corrected chi connectivity index (χ1v) is 13.6. The molecule has 8 nitrogen and oxygen atoms in total. The molecule has 0 radical (unpaired) electrons. The van der Waals surface area contributed by atoms with Crippen molar-refractivity contribution < 1.29 is 38.1 Å². The highest BCUT2D eigenvalue weighted by atomic mass is 16.6. The molecule has 8 heteroatoms. The molecule has 4 heterocycles. The molecule has 234 valence electrons. The molecular formula is C32H58O8. The average Bonchev–Trinajstić information content (AvgIpc) is 3.36. The Morgan fingerprint density at radius 1 is 0.875 bits per heavy atom. The SMILES string of the molecule is C.C.C.C.CCC(C)(C)C(=O)OC1C2CC3CC2C(=O)OC31.CCC(C)(C)C(=O)OC1CC2CCC1(C)OC2=O. The van der Waals surface area contributed by atoms with Gasteiger partial charge in [0, 0.05) is 18.3 Å². The molecule has 8 atom stereocenters. The number of esters is 4. The number of carbonyl (C=O) groups is 4. The monoisotopic (exact) mass is 570 g/mol. The summed E-state index contributed by atoms with van der Waals surface area (Å²) in [5, 5.41) is 0. The molecule has 7 aliphatic rings. The van der Waals surface area contributed by atoms with E-state index in [0.717, 1.165) is 38.5 Å². The molecule has 7 rings (SSSR count). The number of rotatable bonds is 6. The summed E-state index contributed by atoms with van der Waals surface area (Å²) in [4.78, 5) is 47.4. The molecule has 0 amide bonds. The lowest BCUT2D eigenvalue weighted by Gasteiger charge is -2.48. The molecule has 40 heavy (non-hydrogen) atoms. The van der Waals surface area contributed by atoms with Crippen molar-refractivity contribution in [3.05, 3.63) is 0 Å². The second-order valence-corrected chi connectivity index (χ2v) is 12.8. The standard InChI is InChI=1S/C14H20O4.C14H22O4.4CH4/c1-4-14(2,3)13(16)18-11-8-5-7-6-9(8)12(15)17-10(7)11;1-5-13(2,3)12(16)17-10-8-9-6-7-14(10,4)18-11(9)15;;;;/h7-11H,4-6H2,1-3H3;9-10H,5-8H2,1-4H3;4*1H4. The second-order valence-electron chi connectivity index (χ2n) is 12.8. The van der Waals surface area contributed by atoms with E-state index in [1.807, 2.05) is 48.5 Å². The van der Waals surface area contributed by atoms with Crippen molar-refractivity contribution in [2.75, 3.05) is 0 Å². The minimum absolute atomic E-state index is 0. The van der Waals surface area contributed by atoms with Crippen molar-refractivity contribution in [3.8, 4) is 0 Å². The zero-order chi connectivity index (χ0) is 26.6. The predicted molar refractivity (Wildman–Crippen MR) is 156 cm³/mol. The van der Waals surface area contributed by atoms with Gasteiger partial charge < -0.3 is 18.9 Å². The van der Waals surface area contributed by atoms with Crippen LogP contribution in [-0.4, -0.2) is 47.8 Å². The summed E-state index contributed by atoms with van der Waals surface area (Å²) in [5.74, 6) is -0.0642. The van der Waals surface area contributed by atoms with Crippen LogP contribution in [0.15, 0.2) is 0 Å². The molecule has 4 aliphatic heterocycles. The van der Waals surface area contributed by atoms with Crippen LogP contribution >= 0.6 is 0 Å². The van der Waals surface area contributed by atoms with E-state index in [0.29, 0.717) is 12.3 Å². The fourth-order valence-corrected chi connectivity index (χ4v) is 5.99. The van der Waals surface area contributed by atoms with Crippen LogP contribution in [0.25, 0.3) is 0 Å². The van der Waals surface area contributed by atoms with Crippen molar-refractivity contribution in [3.63, 3.8) is 0 Å². The van der Waals surface area contributed by atoms with Crippen molar-refractivity contribution in [1.29, 1.82) is 0 Å². The third kappa shape index (κ3) is 6.67. The van der Waals surface area contributed by atoms with Gasteiger partial charge in [-0.05, 0) is 73.1 Å². The van der Waals surface area contributed by atoms with Gasteiger partial charge in [0.25, 0.3) is 0 Å². The molecule has 3 saturated carbocycles. The first-order valence-electron chi connectivity index (χ1n) is 13.6. The molecule has 6 bridgehead atoms. The van der Waals surface area contributed by atoms with E-state index >= 15 is 0 Å². The van der Waals surface area contributed by atoms with Crippen molar-refractivity contribution >= 4 is 23.9 Å². The number of fused-ring (bicyclic) bond motifs is 4. The van der Waals surface area contributed by atoms with Crippen LogP contribution in [0.4, 0.5) is 0 Å². The Morgan fingerprint density at radius 2 is 1.43 bits per heavy atom.